The molecule has 0 aliphatic rings. The second-order valence-electron chi connectivity index (χ2n) is 6.24. The molecule has 1 N–H and O–H groups in total. The van der Waals surface area contributed by atoms with Gasteiger partial charge in [-0.25, -0.2) is 0 Å². The average molecular weight is 281 g/mol. The summed E-state index contributed by atoms with van der Waals surface area (Å²) in [5.74, 6) is 0.553. The molecular formula is C20H27N. The first-order valence-corrected chi connectivity index (χ1v) is 7.82. The van der Waals surface area contributed by atoms with Crippen LogP contribution in [-0.4, -0.2) is 7.05 Å². The molecule has 21 heavy (non-hydrogen) atoms. The topological polar surface area (TPSA) is 12.0 Å². The molecule has 2 unspecified atom stereocenters. The summed E-state index contributed by atoms with van der Waals surface area (Å²) in [6, 6.07) is 15.7. The molecule has 0 saturated carbocycles. The molecule has 0 aliphatic carbocycles. The smallest absolute Gasteiger partial charge is 0.0346 e. The average Bonchev–Trinajstić information content (AvgIpc) is 2.45. The quantitative estimate of drug-likeness (QED) is 0.834. The van der Waals surface area contributed by atoms with Crippen LogP contribution in [0.4, 0.5) is 0 Å². The molecule has 2 aromatic carbocycles. The summed E-state index contributed by atoms with van der Waals surface area (Å²) in [6.45, 7) is 8.98. The van der Waals surface area contributed by atoms with Crippen molar-refractivity contribution in [1.29, 1.82) is 0 Å². The Morgan fingerprint density at radius 1 is 0.952 bits per heavy atom. The number of hydrogen-bond donors (Lipinski definition) is 1. The van der Waals surface area contributed by atoms with Crippen molar-refractivity contribution < 1.29 is 0 Å². The van der Waals surface area contributed by atoms with Gasteiger partial charge in [0.05, 0.1) is 0 Å². The fourth-order valence-corrected chi connectivity index (χ4v) is 3.41. The summed E-state index contributed by atoms with van der Waals surface area (Å²) in [7, 11) is 2.06. The molecule has 2 atom stereocenters. The number of hydrogen-bond acceptors (Lipinski definition) is 1. The van der Waals surface area contributed by atoms with E-state index in [1.165, 1.54) is 27.8 Å². The molecule has 0 aromatic heterocycles. The summed E-state index contributed by atoms with van der Waals surface area (Å²) in [5, 5.41) is 3.49. The van der Waals surface area contributed by atoms with Crippen molar-refractivity contribution in [3.05, 3.63) is 70.3 Å². The van der Waals surface area contributed by atoms with Crippen LogP contribution in [-0.2, 0) is 6.42 Å². The van der Waals surface area contributed by atoms with Crippen LogP contribution in [0.5, 0.6) is 0 Å². The molecule has 0 spiro atoms. The van der Waals surface area contributed by atoms with Crippen LogP contribution in [0, 0.1) is 26.7 Å². The summed E-state index contributed by atoms with van der Waals surface area (Å²) >= 11 is 0. The van der Waals surface area contributed by atoms with E-state index >= 15 is 0 Å². The van der Waals surface area contributed by atoms with E-state index in [9.17, 15) is 0 Å². The Hall–Kier alpha value is -1.60. The van der Waals surface area contributed by atoms with Gasteiger partial charge in [-0.3, -0.25) is 0 Å². The highest BCUT2D eigenvalue weighted by atomic mass is 14.9. The molecule has 0 heterocycles. The lowest BCUT2D eigenvalue weighted by Gasteiger charge is -2.25. The van der Waals surface area contributed by atoms with E-state index in [1.54, 1.807) is 0 Å². The molecule has 0 radical (unpaired) electrons. The third-order valence-corrected chi connectivity index (χ3v) is 4.41. The highest BCUT2D eigenvalue weighted by Gasteiger charge is 2.19. The Bertz CT molecular complexity index is 563. The fourth-order valence-electron chi connectivity index (χ4n) is 3.41. The molecule has 2 rings (SSSR count). The molecule has 0 bridgehead atoms. The summed E-state index contributed by atoms with van der Waals surface area (Å²) in [4.78, 5) is 0. The van der Waals surface area contributed by atoms with Crippen molar-refractivity contribution >= 4 is 0 Å². The zero-order valence-electron chi connectivity index (χ0n) is 13.9. The fraction of sp³-hybridized carbons (Fsp3) is 0.400. The molecule has 0 saturated heterocycles. The van der Waals surface area contributed by atoms with E-state index < -0.39 is 0 Å². The third-order valence-electron chi connectivity index (χ3n) is 4.41. The zero-order chi connectivity index (χ0) is 15.4. The van der Waals surface area contributed by atoms with Crippen molar-refractivity contribution in [2.45, 2.75) is 40.2 Å². The van der Waals surface area contributed by atoms with Crippen LogP contribution in [0.15, 0.2) is 42.5 Å². The zero-order valence-corrected chi connectivity index (χ0v) is 13.9. The molecule has 112 valence electrons. The van der Waals surface area contributed by atoms with E-state index in [0.29, 0.717) is 12.0 Å². The van der Waals surface area contributed by atoms with Crippen molar-refractivity contribution in [1.82, 2.24) is 5.32 Å². The van der Waals surface area contributed by atoms with Crippen molar-refractivity contribution in [2.75, 3.05) is 7.05 Å². The van der Waals surface area contributed by atoms with Crippen LogP contribution >= 0.6 is 0 Å². The van der Waals surface area contributed by atoms with Gasteiger partial charge >= 0.3 is 0 Å². The predicted octanol–water partition coefficient (Wildman–Crippen LogP) is 4.75. The first-order valence-electron chi connectivity index (χ1n) is 7.82. The number of nitrogens with one attached hydrogen (secondary N) is 1. The van der Waals surface area contributed by atoms with Gasteiger partial charge in [0, 0.05) is 6.04 Å². The molecule has 0 aliphatic heterocycles. The number of aryl methyl sites for hydroxylation is 3. The maximum absolute atomic E-state index is 3.49. The van der Waals surface area contributed by atoms with Gasteiger partial charge in [-0.2, -0.15) is 0 Å². The number of benzene rings is 2. The van der Waals surface area contributed by atoms with Crippen LogP contribution < -0.4 is 5.32 Å². The molecule has 0 fully saturated rings. The lowest BCUT2D eigenvalue weighted by Crippen LogP contribution is -2.25. The first kappa shape index (κ1) is 15.8. The maximum Gasteiger partial charge on any atom is 0.0346 e. The summed E-state index contributed by atoms with van der Waals surface area (Å²) in [5.41, 5.74) is 7.07. The second-order valence-corrected chi connectivity index (χ2v) is 6.24. The molecule has 1 heteroatoms. The summed E-state index contributed by atoms with van der Waals surface area (Å²) < 4.78 is 0. The second kappa shape index (κ2) is 6.91. The van der Waals surface area contributed by atoms with Gasteiger partial charge in [0.1, 0.15) is 0 Å². The lowest BCUT2D eigenvalue weighted by molar-refractivity contribution is 0.408. The molecule has 1 nitrogen and oxygen atoms in total. The van der Waals surface area contributed by atoms with Gasteiger partial charge in [0.25, 0.3) is 0 Å². The van der Waals surface area contributed by atoms with Crippen LogP contribution in [0.25, 0.3) is 0 Å². The minimum absolute atomic E-state index is 0.395. The van der Waals surface area contributed by atoms with Gasteiger partial charge in [-0.1, -0.05) is 55.0 Å². The monoisotopic (exact) mass is 281 g/mol. The molecule has 2 aromatic rings. The van der Waals surface area contributed by atoms with E-state index in [4.69, 9.17) is 0 Å². The SMILES string of the molecule is CNC(c1ccccc1)C(C)Cc1c(C)cc(C)cc1C. The van der Waals surface area contributed by atoms with E-state index in [2.05, 4.69) is 82.5 Å². The van der Waals surface area contributed by atoms with Crippen LogP contribution in [0.1, 0.15) is 40.8 Å². The van der Waals surface area contributed by atoms with Gasteiger partial charge in [0.15, 0.2) is 0 Å². The van der Waals surface area contributed by atoms with Gasteiger partial charge in [-0.05, 0) is 62.4 Å². The highest BCUT2D eigenvalue weighted by molar-refractivity contribution is 5.38. The summed E-state index contributed by atoms with van der Waals surface area (Å²) in [6.07, 6.45) is 1.11. The van der Waals surface area contributed by atoms with E-state index in [-0.39, 0.29) is 0 Å². The van der Waals surface area contributed by atoms with Crippen molar-refractivity contribution in [3.63, 3.8) is 0 Å². The van der Waals surface area contributed by atoms with Crippen molar-refractivity contribution in [3.8, 4) is 0 Å². The van der Waals surface area contributed by atoms with Gasteiger partial charge in [-0.15, -0.1) is 0 Å². The molecular weight excluding hydrogens is 254 g/mol. The van der Waals surface area contributed by atoms with E-state index in [1.807, 2.05) is 0 Å². The Labute approximate surface area is 129 Å². The lowest BCUT2D eigenvalue weighted by atomic mass is 9.86. The largest absolute Gasteiger partial charge is 0.313 e. The first-order chi connectivity index (χ1) is 10.0. The third kappa shape index (κ3) is 3.74. The Morgan fingerprint density at radius 2 is 1.52 bits per heavy atom. The normalized spacial score (nSPS) is 14.0. The Kier molecular flexibility index (Phi) is 5.19. The minimum Gasteiger partial charge on any atom is -0.313 e. The minimum atomic E-state index is 0.395. The Morgan fingerprint density at radius 3 is 2.05 bits per heavy atom. The maximum atomic E-state index is 3.49. The standard InChI is InChI=1S/C20H27N/c1-14-11-15(2)19(16(3)12-14)13-17(4)20(21-5)18-9-7-6-8-10-18/h6-12,17,20-21H,13H2,1-5H3. The predicted molar refractivity (Wildman–Crippen MR) is 91.8 cm³/mol. The van der Waals surface area contributed by atoms with Crippen LogP contribution in [0.3, 0.4) is 0 Å². The van der Waals surface area contributed by atoms with Gasteiger partial charge < -0.3 is 5.32 Å². The van der Waals surface area contributed by atoms with Crippen LogP contribution in [0.2, 0.25) is 0 Å². The van der Waals surface area contributed by atoms with Crippen molar-refractivity contribution in [2.24, 2.45) is 5.92 Å². The molecule has 0 amide bonds. The van der Waals surface area contributed by atoms with E-state index in [0.717, 1.165) is 6.42 Å². The van der Waals surface area contributed by atoms with Gasteiger partial charge in [0.2, 0.25) is 0 Å². The number of rotatable bonds is 5. The Balaban J connectivity index is 2.23. The highest BCUT2D eigenvalue weighted by Crippen LogP contribution is 2.27.